The van der Waals surface area contributed by atoms with Gasteiger partial charge in [0.2, 0.25) is 0 Å². The summed E-state index contributed by atoms with van der Waals surface area (Å²) in [4.78, 5) is 0. The van der Waals surface area contributed by atoms with Gasteiger partial charge in [-0.25, -0.2) is 0 Å². The van der Waals surface area contributed by atoms with Gasteiger partial charge in [-0.2, -0.15) is 0 Å². The van der Waals surface area contributed by atoms with Crippen molar-refractivity contribution in [3.05, 3.63) is 60.7 Å². The second-order valence-electron chi connectivity index (χ2n) is 3.25. The topological polar surface area (TPSA) is 20.2 Å². The maximum atomic E-state index is 10.6. The van der Waals surface area contributed by atoms with Crippen LogP contribution in [-0.2, 0) is 0 Å². The van der Waals surface area contributed by atoms with Crippen molar-refractivity contribution in [3.63, 3.8) is 0 Å². The summed E-state index contributed by atoms with van der Waals surface area (Å²) in [6, 6.07) is 19.7. The molecule has 0 heterocycles. The van der Waals surface area contributed by atoms with Crippen molar-refractivity contribution >= 4 is 33.4 Å². The van der Waals surface area contributed by atoms with E-state index in [-0.39, 0.29) is 0 Å². The van der Waals surface area contributed by atoms with Gasteiger partial charge in [0.25, 0.3) is 0 Å². The first kappa shape index (κ1) is 10.9. The zero-order valence-electron chi connectivity index (χ0n) is 8.08. The summed E-state index contributed by atoms with van der Waals surface area (Å²) in [6.07, 6.45) is 0. The van der Waals surface area contributed by atoms with Gasteiger partial charge in [-0.3, -0.25) is 0 Å². The van der Waals surface area contributed by atoms with Crippen molar-refractivity contribution in [2.24, 2.45) is 0 Å². The van der Waals surface area contributed by atoms with Crippen molar-refractivity contribution < 1.29 is 4.19 Å². The van der Waals surface area contributed by atoms with Crippen molar-refractivity contribution in [2.45, 2.75) is 0 Å². The van der Waals surface area contributed by atoms with Crippen LogP contribution in [0.25, 0.3) is 0 Å². The molecule has 1 N–H and O–H groups in total. The molecule has 0 aliphatic rings. The summed E-state index contributed by atoms with van der Waals surface area (Å²) in [5.74, 6) is 0. The normalized spacial score (nSPS) is 12.3. The molecule has 2 rings (SSSR count). The summed E-state index contributed by atoms with van der Waals surface area (Å²) in [5, 5.41) is 0. The Hall–Kier alpha value is -0.561. The zero-order chi connectivity index (χ0) is 10.7. The quantitative estimate of drug-likeness (QED) is 0.777. The fraction of sp³-hybridized carbons (Fsp3) is 0. The van der Waals surface area contributed by atoms with E-state index in [9.17, 15) is 4.19 Å². The Labute approximate surface area is 98.0 Å². The van der Waals surface area contributed by atoms with Crippen LogP contribution in [-0.4, -0.2) is 28.7 Å². The Balaban J connectivity index is 2.50. The second kappa shape index (κ2) is 4.52. The van der Waals surface area contributed by atoms with Crippen LogP contribution in [0, 0.1) is 0 Å². The van der Waals surface area contributed by atoms with Gasteiger partial charge in [-0.1, -0.05) is 0 Å². The van der Waals surface area contributed by atoms with Gasteiger partial charge in [-0.15, -0.1) is 0 Å². The van der Waals surface area contributed by atoms with Crippen molar-refractivity contribution in [2.75, 3.05) is 0 Å². The molecular weight excluding hydrogens is 318 g/mol. The van der Waals surface area contributed by atoms with Crippen LogP contribution in [0.3, 0.4) is 0 Å². The minimum atomic E-state index is -2.95. The molecule has 0 aliphatic heterocycles. The van der Waals surface area contributed by atoms with Crippen molar-refractivity contribution in [1.29, 1.82) is 0 Å². The van der Waals surface area contributed by atoms with E-state index in [0.29, 0.717) is 0 Å². The SMILES string of the molecule is O[SeH](=[Se])(c1ccccc1)c1ccccc1. The molecule has 0 amide bonds. The molecule has 0 aromatic heterocycles. The van der Waals surface area contributed by atoms with E-state index >= 15 is 0 Å². The fourth-order valence-electron chi connectivity index (χ4n) is 1.41. The molecule has 15 heavy (non-hydrogen) atoms. The predicted octanol–water partition coefficient (Wildman–Crippen LogP) is 0.136. The molecule has 0 bridgehead atoms. The molecule has 0 atom stereocenters. The van der Waals surface area contributed by atoms with Crippen LogP contribution in [0.5, 0.6) is 0 Å². The van der Waals surface area contributed by atoms with Gasteiger partial charge in [0.05, 0.1) is 0 Å². The number of benzene rings is 2. The first-order valence-corrected chi connectivity index (χ1v) is 12.1. The molecule has 0 spiro atoms. The average Bonchev–Trinajstić information content (AvgIpc) is 2.31. The summed E-state index contributed by atoms with van der Waals surface area (Å²) in [6.45, 7) is 0. The summed E-state index contributed by atoms with van der Waals surface area (Å²) in [5.41, 5.74) is 0. The van der Waals surface area contributed by atoms with E-state index in [4.69, 9.17) is 0 Å². The Morgan fingerprint density at radius 1 is 0.733 bits per heavy atom. The number of rotatable bonds is 2. The Morgan fingerprint density at radius 3 is 1.40 bits per heavy atom. The molecule has 0 aliphatic carbocycles. The first-order chi connectivity index (χ1) is 7.21. The molecule has 0 fully saturated rings. The van der Waals surface area contributed by atoms with Crippen LogP contribution in [0.1, 0.15) is 0 Å². The van der Waals surface area contributed by atoms with Crippen molar-refractivity contribution in [1.82, 2.24) is 0 Å². The molecule has 0 saturated heterocycles. The Bertz CT molecular complexity index is 436. The van der Waals surface area contributed by atoms with Gasteiger partial charge in [0.15, 0.2) is 0 Å². The third-order valence-corrected chi connectivity index (χ3v) is 11.0. The van der Waals surface area contributed by atoms with Crippen molar-refractivity contribution in [3.8, 4) is 0 Å². The van der Waals surface area contributed by atoms with E-state index in [1.165, 1.54) is 0 Å². The number of hydrogen-bond donors (Lipinski definition) is 1. The average molecular weight is 330 g/mol. The van der Waals surface area contributed by atoms with E-state index in [1.54, 1.807) is 0 Å². The summed E-state index contributed by atoms with van der Waals surface area (Å²) in [7, 11) is -2.95. The third kappa shape index (κ3) is 2.34. The summed E-state index contributed by atoms with van der Waals surface area (Å²) < 4.78 is 12.6. The van der Waals surface area contributed by atoms with Crippen LogP contribution >= 0.6 is 0 Å². The van der Waals surface area contributed by atoms with Crippen LogP contribution in [0.4, 0.5) is 0 Å². The minimum absolute atomic E-state index is 1.03. The standard InChI is InChI=1S/C12H12OSe2/c13-15(14,11-7-3-1-4-8-11)12-9-5-2-6-10-12/h1-10,15H,(H,13,14). The fourth-order valence-corrected chi connectivity index (χ4v) is 7.11. The Morgan fingerprint density at radius 2 is 1.07 bits per heavy atom. The molecule has 2 aromatic carbocycles. The van der Waals surface area contributed by atoms with Crippen LogP contribution < -0.4 is 8.92 Å². The van der Waals surface area contributed by atoms with Crippen LogP contribution in [0.2, 0.25) is 0 Å². The van der Waals surface area contributed by atoms with Gasteiger partial charge in [0, 0.05) is 0 Å². The zero-order valence-corrected chi connectivity index (χ0v) is 11.7. The van der Waals surface area contributed by atoms with E-state index in [2.05, 4.69) is 13.7 Å². The molecule has 0 unspecified atom stereocenters. The van der Waals surface area contributed by atoms with Gasteiger partial charge < -0.3 is 0 Å². The van der Waals surface area contributed by atoms with Crippen LogP contribution in [0.15, 0.2) is 60.7 Å². The molecule has 2 aromatic rings. The molecule has 0 radical (unpaired) electrons. The first-order valence-electron chi connectivity index (χ1n) is 4.65. The van der Waals surface area contributed by atoms with Gasteiger partial charge >= 0.3 is 98.2 Å². The Kier molecular flexibility index (Phi) is 3.30. The second-order valence-corrected chi connectivity index (χ2v) is 13.6. The monoisotopic (exact) mass is 332 g/mol. The van der Waals surface area contributed by atoms with E-state index < -0.39 is 10.8 Å². The summed E-state index contributed by atoms with van der Waals surface area (Å²) >= 11 is 3.01. The molecule has 78 valence electrons. The number of hydrogen-bond acceptors (Lipinski definition) is 1. The third-order valence-electron chi connectivity index (χ3n) is 2.21. The van der Waals surface area contributed by atoms with Gasteiger partial charge in [0.1, 0.15) is 0 Å². The van der Waals surface area contributed by atoms with E-state index in [0.717, 1.165) is 8.92 Å². The molecular formula is C12H12OSe2. The predicted molar refractivity (Wildman–Crippen MR) is 67.3 cm³/mol. The molecule has 1 nitrogen and oxygen atoms in total. The van der Waals surface area contributed by atoms with Gasteiger partial charge in [-0.05, 0) is 0 Å². The van der Waals surface area contributed by atoms with E-state index in [1.807, 2.05) is 60.7 Å². The molecule has 0 saturated carbocycles. The molecule has 3 heteroatoms. The maximum absolute atomic E-state index is 10.6.